The van der Waals surface area contributed by atoms with Crippen molar-refractivity contribution in [1.29, 1.82) is 0 Å². The van der Waals surface area contributed by atoms with E-state index in [0.29, 0.717) is 6.61 Å². The van der Waals surface area contributed by atoms with Crippen LogP contribution in [0.1, 0.15) is 39.7 Å². The molecule has 0 aromatic heterocycles. The molecule has 2 rings (SSSR count). The van der Waals surface area contributed by atoms with Crippen LogP contribution >= 0.6 is 0 Å². The van der Waals surface area contributed by atoms with Crippen molar-refractivity contribution in [2.24, 2.45) is 5.16 Å². The normalized spacial score (nSPS) is 12.0. The Bertz CT molecular complexity index is 758. The maximum absolute atomic E-state index is 5.76. The standard InChI is InChI=1S/C24H31NO3/c1-5-26-17-9-6-10-18-27-22-15-13-20(14-16-22)23-12-8-7-11-21(23)19-25-28-24(2,3)4/h6-8,10-16,19H,5,9,17-18H2,1-4H3/b10-6+,25-19+. The zero-order valence-electron chi connectivity index (χ0n) is 17.4. The molecule has 28 heavy (non-hydrogen) atoms. The largest absolute Gasteiger partial charge is 0.490 e. The Morgan fingerprint density at radius 1 is 0.964 bits per heavy atom. The Hall–Kier alpha value is -2.59. The van der Waals surface area contributed by atoms with E-state index in [2.05, 4.69) is 29.4 Å². The average Bonchev–Trinajstić information content (AvgIpc) is 2.67. The highest BCUT2D eigenvalue weighted by molar-refractivity contribution is 5.90. The smallest absolute Gasteiger partial charge is 0.129 e. The van der Waals surface area contributed by atoms with Gasteiger partial charge in [-0.3, -0.25) is 0 Å². The summed E-state index contributed by atoms with van der Waals surface area (Å²) in [6.45, 7) is 10.00. The van der Waals surface area contributed by atoms with Gasteiger partial charge in [-0.1, -0.05) is 53.7 Å². The van der Waals surface area contributed by atoms with Gasteiger partial charge in [0.1, 0.15) is 18.0 Å². The molecule has 0 aliphatic carbocycles. The molecule has 4 heteroatoms. The molecular weight excluding hydrogens is 350 g/mol. The number of rotatable bonds is 10. The van der Waals surface area contributed by atoms with Gasteiger partial charge in [0.15, 0.2) is 0 Å². The van der Waals surface area contributed by atoms with Crippen LogP contribution in [0, 0.1) is 0 Å². The second-order valence-electron chi connectivity index (χ2n) is 7.32. The van der Waals surface area contributed by atoms with Crippen molar-refractivity contribution < 1.29 is 14.3 Å². The van der Waals surface area contributed by atoms with Gasteiger partial charge in [-0.15, -0.1) is 0 Å². The van der Waals surface area contributed by atoms with Crippen molar-refractivity contribution in [2.75, 3.05) is 19.8 Å². The van der Waals surface area contributed by atoms with Gasteiger partial charge in [0, 0.05) is 18.8 Å². The molecule has 0 unspecified atom stereocenters. The minimum Gasteiger partial charge on any atom is -0.490 e. The van der Waals surface area contributed by atoms with Crippen LogP contribution in [-0.4, -0.2) is 31.6 Å². The lowest BCUT2D eigenvalue weighted by molar-refractivity contribution is 0.00199. The van der Waals surface area contributed by atoms with E-state index in [1.807, 2.05) is 64.1 Å². The molecule has 0 bridgehead atoms. The number of benzene rings is 2. The monoisotopic (exact) mass is 381 g/mol. The van der Waals surface area contributed by atoms with Crippen LogP contribution in [0.3, 0.4) is 0 Å². The van der Waals surface area contributed by atoms with Crippen molar-refractivity contribution in [2.45, 2.75) is 39.7 Å². The maximum atomic E-state index is 5.76. The summed E-state index contributed by atoms with van der Waals surface area (Å²) < 4.78 is 11.1. The zero-order chi connectivity index (χ0) is 20.2. The number of oxime groups is 1. The fourth-order valence-corrected chi connectivity index (χ4v) is 2.47. The molecule has 2 aromatic carbocycles. The molecule has 0 fully saturated rings. The molecule has 0 saturated heterocycles. The van der Waals surface area contributed by atoms with E-state index in [1.54, 1.807) is 6.21 Å². The summed E-state index contributed by atoms with van der Waals surface area (Å²) in [5.41, 5.74) is 2.92. The zero-order valence-corrected chi connectivity index (χ0v) is 17.4. The second kappa shape index (κ2) is 11.3. The van der Waals surface area contributed by atoms with Crippen LogP contribution in [0.15, 0.2) is 65.8 Å². The highest BCUT2D eigenvalue weighted by atomic mass is 16.6. The van der Waals surface area contributed by atoms with Gasteiger partial charge in [-0.05, 0) is 57.4 Å². The number of nitrogens with zero attached hydrogens (tertiary/aromatic N) is 1. The van der Waals surface area contributed by atoms with Gasteiger partial charge in [0.2, 0.25) is 0 Å². The van der Waals surface area contributed by atoms with Crippen LogP contribution in [0.25, 0.3) is 11.1 Å². The molecule has 2 aromatic rings. The average molecular weight is 382 g/mol. The van der Waals surface area contributed by atoms with E-state index in [9.17, 15) is 0 Å². The molecule has 4 nitrogen and oxygen atoms in total. The first kappa shape index (κ1) is 21.7. The quantitative estimate of drug-likeness (QED) is 0.224. The van der Waals surface area contributed by atoms with Crippen molar-refractivity contribution in [1.82, 2.24) is 0 Å². The summed E-state index contributed by atoms with van der Waals surface area (Å²) >= 11 is 0. The second-order valence-corrected chi connectivity index (χ2v) is 7.32. The van der Waals surface area contributed by atoms with Gasteiger partial charge < -0.3 is 14.3 Å². The van der Waals surface area contributed by atoms with Crippen LogP contribution in [0.5, 0.6) is 5.75 Å². The third-order valence-electron chi connectivity index (χ3n) is 3.79. The first-order valence-electron chi connectivity index (χ1n) is 9.76. The van der Waals surface area contributed by atoms with Crippen LogP contribution in [0.2, 0.25) is 0 Å². The van der Waals surface area contributed by atoms with Crippen LogP contribution in [0.4, 0.5) is 0 Å². The van der Waals surface area contributed by atoms with Gasteiger partial charge in [-0.25, -0.2) is 0 Å². The third-order valence-corrected chi connectivity index (χ3v) is 3.79. The fourth-order valence-electron chi connectivity index (χ4n) is 2.47. The summed E-state index contributed by atoms with van der Waals surface area (Å²) in [5.74, 6) is 0.848. The number of hydrogen-bond acceptors (Lipinski definition) is 4. The molecular formula is C24H31NO3. The summed E-state index contributed by atoms with van der Waals surface area (Å²) in [6, 6.07) is 16.2. The number of hydrogen-bond donors (Lipinski definition) is 0. The Morgan fingerprint density at radius 2 is 1.71 bits per heavy atom. The van der Waals surface area contributed by atoms with Gasteiger partial charge in [-0.2, -0.15) is 0 Å². The molecule has 0 heterocycles. The Labute approximate surface area is 168 Å². The van der Waals surface area contributed by atoms with Crippen molar-refractivity contribution in [3.63, 3.8) is 0 Å². The van der Waals surface area contributed by atoms with Gasteiger partial charge >= 0.3 is 0 Å². The molecule has 0 atom stereocenters. The lowest BCUT2D eigenvalue weighted by atomic mass is 10.0. The lowest BCUT2D eigenvalue weighted by Crippen LogP contribution is -2.15. The summed E-state index contributed by atoms with van der Waals surface area (Å²) in [4.78, 5) is 5.46. The third kappa shape index (κ3) is 7.97. The summed E-state index contributed by atoms with van der Waals surface area (Å²) in [7, 11) is 0. The van der Waals surface area contributed by atoms with E-state index >= 15 is 0 Å². The Kier molecular flexibility index (Phi) is 8.76. The SMILES string of the molecule is CCOCC/C=C/COc1ccc(-c2ccccc2/C=N/OC(C)(C)C)cc1. The summed E-state index contributed by atoms with van der Waals surface area (Å²) in [6.07, 6.45) is 6.78. The minimum atomic E-state index is -0.304. The predicted molar refractivity (Wildman–Crippen MR) is 116 cm³/mol. The van der Waals surface area contributed by atoms with Crippen LogP contribution in [-0.2, 0) is 9.57 Å². The predicted octanol–water partition coefficient (Wildman–Crippen LogP) is 5.86. The first-order valence-corrected chi connectivity index (χ1v) is 9.76. The Balaban J connectivity index is 1.96. The fraction of sp³-hybridized carbons (Fsp3) is 0.375. The topological polar surface area (TPSA) is 40.0 Å². The highest BCUT2D eigenvalue weighted by Gasteiger charge is 2.10. The van der Waals surface area contributed by atoms with Gasteiger partial charge in [0.05, 0.1) is 6.21 Å². The lowest BCUT2D eigenvalue weighted by Gasteiger charge is -2.15. The minimum absolute atomic E-state index is 0.304. The van der Waals surface area contributed by atoms with Crippen molar-refractivity contribution >= 4 is 6.21 Å². The van der Waals surface area contributed by atoms with E-state index in [4.69, 9.17) is 14.3 Å². The first-order chi connectivity index (χ1) is 13.5. The molecule has 0 aliphatic heterocycles. The Morgan fingerprint density at radius 3 is 2.43 bits per heavy atom. The maximum Gasteiger partial charge on any atom is 0.129 e. The summed E-state index contributed by atoms with van der Waals surface area (Å²) in [5, 5.41) is 4.13. The van der Waals surface area contributed by atoms with Crippen molar-refractivity contribution in [3.8, 4) is 16.9 Å². The molecule has 0 radical (unpaired) electrons. The molecule has 0 amide bonds. The van der Waals surface area contributed by atoms with Crippen LogP contribution < -0.4 is 4.74 Å². The van der Waals surface area contributed by atoms with E-state index < -0.39 is 0 Å². The van der Waals surface area contributed by atoms with E-state index in [-0.39, 0.29) is 5.60 Å². The number of ether oxygens (including phenoxy) is 2. The van der Waals surface area contributed by atoms with E-state index in [1.165, 1.54) is 0 Å². The molecule has 0 aliphatic rings. The molecule has 0 N–H and O–H groups in total. The molecule has 150 valence electrons. The van der Waals surface area contributed by atoms with Gasteiger partial charge in [0.25, 0.3) is 0 Å². The van der Waals surface area contributed by atoms with E-state index in [0.717, 1.165) is 42.1 Å². The highest BCUT2D eigenvalue weighted by Crippen LogP contribution is 2.25. The van der Waals surface area contributed by atoms with Crippen molar-refractivity contribution in [3.05, 3.63) is 66.2 Å². The molecule has 0 spiro atoms. The molecule has 0 saturated carbocycles.